The average Bonchev–Trinajstić information content (AvgIpc) is 2.45. The van der Waals surface area contributed by atoms with Crippen LogP contribution in [-0.4, -0.2) is 47.0 Å². The third-order valence-electron chi connectivity index (χ3n) is 3.99. The number of hydrogen-bond acceptors (Lipinski definition) is 6. The van der Waals surface area contributed by atoms with Crippen molar-refractivity contribution in [3.05, 3.63) is 0 Å². The molecule has 0 saturated heterocycles. The van der Waals surface area contributed by atoms with E-state index in [4.69, 9.17) is 0 Å². The number of rotatable bonds is 0. The molecular formula is C18H34N6. The lowest BCUT2D eigenvalue weighted by molar-refractivity contribution is 0.359. The van der Waals surface area contributed by atoms with Crippen molar-refractivity contribution in [1.29, 1.82) is 0 Å². The summed E-state index contributed by atoms with van der Waals surface area (Å²) in [5.74, 6) is 0. The molecule has 0 radical (unpaired) electrons. The highest BCUT2D eigenvalue weighted by atomic mass is 15.2. The topological polar surface area (TPSA) is 73.5 Å². The second kappa shape index (κ2) is 8.62. The molecular weight excluding hydrogens is 300 g/mol. The van der Waals surface area contributed by atoms with E-state index in [9.17, 15) is 0 Å². The van der Waals surface area contributed by atoms with Gasteiger partial charge in [0.15, 0.2) is 0 Å². The summed E-state index contributed by atoms with van der Waals surface area (Å²) in [4.78, 5) is 0. The smallest absolute Gasteiger partial charge is 0.0829 e. The van der Waals surface area contributed by atoms with Gasteiger partial charge in [-0.25, -0.2) is 0 Å². The van der Waals surface area contributed by atoms with Crippen LogP contribution in [0.15, 0.2) is 20.4 Å². The van der Waals surface area contributed by atoms with E-state index in [2.05, 4.69) is 58.7 Å². The van der Waals surface area contributed by atoms with Gasteiger partial charge in [-0.3, -0.25) is 0 Å². The van der Waals surface area contributed by atoms with Crippen LogP contribution in [0.25, 0.3) is 0 Å². The summed E-state index contributed by atoms with van der Waals surface area (Å²) in [6.07, 6.45) is 1.70. The van der Waals surface area contributed by atoms with Crippen LogP contribution in [-0.2, 0) is 0 Å². The molecule has 0 aromatic heterocycles. The Kier molecular flexibility index (Phi) is 7.42. The molecule has 0 amide bonds. The first-order chi connectivity index (χ1) is 11.0. The van der Waals surface area contributed by atoms with E-state index >= 15 is 0 Å². The fourth-order valence-electron chi connectivity index (χ4n) is 2.74. The van der Waals surface area contributed by atoms with E-state index in [1.807, 2.05) is 27.7 Å². The Morgan fingerprint density at radius 1 is 0.625 bits per heavy atom. The Morgan fingerprint density at radius 3 is 1.29 bits per heavy atom. The molecule has 24 heavy (non-hydrogen) atoms. The standard InChI is InChI=1S/C18H34N6/c1-13-11-17(5,6)19-9-10-20-18(7,8)12-14(2)22-24-16(4)15(3)23-21-13/h19-20H,9-12H2,1-8H3. The number of nitrogens with one attached hydrogen (secondary N) is 2. The van der Waals surface area contributed by atoms with Gasteiger partial charge in [-0.15, -0.1) is 0 Å². The first-order valence-electron chi connectivity index (χ1n) is 8.67. The van der Waals surface area contributed by atoms with Crippen LogP contribution >= 0.6 is 0 Å². The average molecular weight is 335 g/mol. The molecule has 1 aliphatic heterocycles. The lowest BCUT2D eigenvalue weighted by Crippen LogP contribution is -2.48. The molecule has 1 heterocycles. The Hall–Kier alpha value is -1.40. The van der Waals surface area contributed by atoms with Gasteiger partial charge >= 0.3 is 0 Å². The molecule has 0 aromatic carbocycles. The molecule has 6 heteroatoms. The molecule has 0 saturated carbocycles. The normalized spacial score (nSPS) is 23.7. The van der Waals surface area contributed by atoms with Crippen LogP contribution in [0.2, 0.25) is 0 Å². The molecule has 1 aliphatic rings. The third-order valence-corrected chi connectivity index (χ3v) is 3.99. The van der Waals surface area contributed by atoms with Gasteiger partial charge in [0.1, 0.15) is 0 Å². The van der Waals surface area contributed by atoms with Gasteiger partial charge in [0.05, 0.1) is 11.4 Å². The first-order valence-corrected chi connectivity index (χ1v) is 8.67. The molecule has 1 rings (SSSR count). The van der Waals surface area contributed by atoms with Crippen molar-refractivity contribution in [3.63, 3.8) is 0 Å². The Labute approximate surface area is 147 Å². The summed E-state index contributed by atoms with van der Waals surface area (Å²) in [7, 11) is 0. The summed E-state index contributed by atoms with van der Waals surface area (Å²) in [6, 6.07) is 0. The van der Waals surface area contributed by atoms with Gasteiger partial charge < -0.3 is 10.6 Å². The predicted octanol–water partition coefficient (Wildman–Crippen LogP) is 3.19. The van der Waals surface area contributed by atoms with E-state index < -0.39 is 0 Å². The van der Waals surface area contributed by atoms with E-state index in [-0.39, 0.29) is 11.1 Å². The summed E-state index contributed by atoms with van der Waals surface area (Å²) < 4.78 is 0. The molecule has 0 aromatic rings. The SMILES string of the molecule is CC1=NN=C(C)C(C)=NN=C(C)CC(C)(C)NCCNC(C)(C)C1. The number of nitrogens with zero attached hydrogens (tertiary/aromatic N) is 4. The van der Waals surface area contributed by atoms with Crippen LogP contribution in [0.3, 0.4) is 0 Å². The highest BCUT2D eigenvalue weighted by molar-refractivity contribution is 6.40. The van der Waals surface area contributed by atoms with Gasteiger partial charge in [0.25, 0.3) is 0 Å². The zero-order chi connectivity index (χ0) is 18.4. The van der Waals surface area contributed by atoms with Crippen molar-refractivity contribution in [1.82, 2.24) is 10.6 Å². The monoisotopic (exact) mass is 334 g/mol. The summed E-state index contributed by atoms with van der Waals surface area (Å²) in [6.45, 7) is 18.4. The van der Waals surface area contributed by atoms with Crippen molar-refractivity contribution in [2.75, 3.05) is 13.1 Å². The Morgan fingerprint density at radius 2 is 0.958 bits per heavy atom. The molecule has 136 valence electrons. The lowest BCUT2D eigenvalue weighted by atomic mass is 9.97. The summed E-state index contributed by atoms with van der Waals surface area (Å²) >= 11 is 0. The molecule has 0 aliphatic carbocycles. The van der Waals surface area contributed by atoms with Crippen molar-refractivity contribution in [2.24, 2.45) is 20.4 Å². The summed E-state index contributed by atoms with van der Waals surface area (Å²) in [5, 5.41) is 24.5. The Bertz CT molecular complexity index is 502. The molecule has 0 atom stereocenters. The van der Waals surface area contributed by atoms with E-state index in [0.717, 1.165) is 48.8 Å². The van der Waals surface area contributed by atoms with Gasteiger partial charge in [-0.2, -0.15) is 20.4 Å². The van der Waals surface area contributed by atoms with Gasteiger partial charge in [0.2, 0.25) is 0 Å². The zero-order valence-corrected chi connectivity index (χ0v) is 16.6. The van der Waals surface area contributed by atoms with Gasteiger partial charge in [-0.1, -0.05) is 0 Å². The summed E-state index contributed by atoms with van der Waals surface area (Å²) in [5.41, 5.74) is 3.56. The van der Waals surface area contributed by atoms with E-state index in [1.165, 1.54) is 0 Å². The van der Waals surface area contributed by atoms with Crippen LogP contribution in [0.1, 0.15) is 68.2 Å². The second-order valence-electron chi connectivity index (χ2n) is 8.02. The van der Waals surface area contributed by atoms with Gasteiger partial charge in [0, 0.05) is 48.4 Å². The van der Waals surface area contributed by atoms with Crippen molar-refractivity contribution in [3.8, 4) is 0 Å². The second-order valence-corrected chi connectivity index (χ2v) is 8.02. The zero-order valence-electron chi connectivity index (χ0n) is 16.6. The van der Waals surface area contributed by atoms with Gasteiger partial charge in [-0.05, 0) is 55.4 Å². The van der Waals surface area contributed by atoms with Crippen molar-refractivity contribution < 1.29 is 0 Å². The van der Waals surface area contributed by atoms with E-state index in [0.29, 0.717) is 0 Å². The highest BCUT2D eigenvalue weighted by Crippen LogP contribution is 2.12. The van der Waals surface area contributed by atoms with Crippen LogP contribution in [0, 0.1) is 0 Å². The molecule has 0 spiro atoms. The fourth-order valence-corrected chi connectivity index (χ4v) is 2.74. The molecule has 2 N–H and O–H groups in total. The maximum atomic E-state index is 4.34. The minimum atomic E-state index is -0.0135. The quantitative estimate of drug-likeness (QED) is 0.714. The maximum Gasteiger partial charge on any atom is 0.0829 e. The largest absolute Gasteiger partial charge is 0.310 e. The highest BCUT2D eigenvalue weighted by Gasteiger charge is 2.21. The number of hydrogen-bond donors (Lipinski definition) is 2. The maximum absolute atomic E-state index is 4.34. The Balaban J connectivity index is 3.06. The van der Waals surface area contributed by atoms with Crippen LogP contribution < -0.4 is 10.6 Å². The van der Waals surface area contributed by atoms with Crippen molar-refractivity contribution >= 4 is 22.8 Å². The first kappa shape index (κ1) is 20.6. The molecule has 0 unspecified atom stereocenters. The lowest BCUT2D eigenvalue weighted by Gasteiger charge is -2.29. The van der Waals surface area contributed by atoms with Crippen LogP contribution in [0.5, 0.6) is 0 Å². The predicted molar refractivity (Wildman–Crippen MR) is 106 cm³/mol. The molecule has 0 bridgehead atoms. The van der Waals surface area contributed by atoms with Crippen molar-refractivity contribution in [2.45, 2.75) is 79.3 Å². The van der Waals surface area contributed by atoms with Crippen LogP contribution in [0.4, 0.5) is 0 Å². The molecule has 0 fully saturated rings. The minimum Gasteiger partial charge on any atom is -0.310 e. The third kappa shape index (κ3) is 7.93. The van der Waals surface area contributed by atoms with E-state index in [1.54, 1.807) is 0 Å². The fraction of sp³-hybridized carbons (Fsp3) is 0.778. The minimum absolute atomic E-state index is 0.0135. The molecule has 6 nitrogen and oxygen atoms in total.